The highest BCUT2D eigenvalue weighted by molar-refractivity contribution is 5.78. The van der Waals surface area contributed by atoms with Gasteiger partial charge in [-0.1, -0.05) is 0 Å². The third-order valence-corrected chi connectivity index (χ3v) is 2.08. The molecule has 0 bridgehead atoms. The van der Waals surface area contributed by atoms with E-state index in [4.69, 9.17) is 9.47 Å². The van der Waals surface area contributed by atoms with Crippen molar-refractivity contribution in [1.29, 1.82) is 0 Å². The van der Waals surface area contributed by atoms with Crippen LogP contribution in [0.3, 0.4) is 0 Å². The van der Waals surface area contributed by atoms with Crippen LogP contribution in [0.1, 0.15) is 34.1 Å². The number of amides is 1. The topological polar surface area (TPSA) is 64.6 Å². The number of carbonyl (C=O) groups is 2. The zero-order valence-corrected chi connectivity index (χ0v) is 10.2. The fourth-order valence-electron chi connectivity index (χ4n) is 1.32. The molecule has 0 heterocycles. The van der Waals surface area contributed by atoms with Crippen molar-refractivity contribution in [2.75, 3.05) is 6.61 Å². The monoisotopic (exact) mass is 229 g/mol. The molecule has 0 spiro atoms. The van der Waals surface area contributed by atoms with Crippen LogP contribution in [0.15, 0.2) is 0 Å². The summed E-state index contributed by atoms with van der Waals surface area (Å²) in [5, 5.41) is 2.64. The van der Waals surface area contributed by atoms with E-state index in [-0.39, 0.29) is 17.9 Å². The maximum Gasteiger partial charge on any atom is 0.407 e. The van der Waals surface area contributed by atoms with Crippen molar-refractivity contribution in [2.45, 2.75) is 45.8 Å². The smallest absolute Gasteiger partial charge is 0.407 e. The lowest BCUT2D eigenvalue weighted by molar-refractivity contribution is -0.144. The van der Waals surface area contributed by atoms with Gasteiger partial charge >= 0.3 is 12.1 Å². The molecule has 0 radical (unpaired) electrons. The molecule has 5 heteroatoms. The molecule has 0 saturated heterocycles. The number of hydrogen-bond acceptors (Lipinski definition) is 4. The summed E-state index contributed by atoms with van der Waals surface area (Å²) in [5.41, 5.74) is -0.515. The van der Waals surface area contributed by atoms with Gasteiger partial charge in [0, 0.05) is 6.04 Å². The summed E-state index contributed by atoms with van der Waals surface area (Å²) in [4.78, 5) is 22.6. The number of ether oxygens (including phenoxy) is 2. The van der Waals surface area contributed by atoms with Crippen molar-refractivity contribution in [3.8, 4) is 0 Å². The largest absolute Gasteiger partial charge is 0.466 e. The first-order chi connectivity index (χ1) is 7.33. The van der Waals surface area contributed by atoms with E-state index in [9.17, 15) is 9.59 Å². The summed E-state index contributed by atoms with van der Waals surface area (Å²) < 4.78 is 9.92. The van der Waals surface area contributed by atoms with Crippen LogP contribution in [0.5, 0.6) is 0 Å². The average Bonchev–Trinajstić information content (AvgIpc) is 2.80. The van der Waals surface area contributed by atoms with Crippen molar-refractivity contribution < 1.29 is 19.1 Å². The zero-order chi connectivity index (χ0) is 12.3. The van der Waals surface area contributed by atoms with E-state index in [0.29, 0.717) is 13.0 Å². The Bertz CT molecular complexity index is 282. The fourth-order valence-corrected chi connectivity index (χ4v) is 1.32. The highest BCUT2D eigenvalue weighted by atomic mass is 16.6. The normalized spacial score (nSPS) is 23.5. The standard InChI is InChI=1S/C11H19NO4/c1-5-15-9(13)7-6-8(7)12-10(14)16-11(2,3)4/h7-8H,5-6H2,1-4H3,(H,12,14)/t7-,8+/m0/s1. The van der Waals surface area contributed by atoms with Crippen molar-refractivity contribution in [3.05, 3.63) is 0 Å². The minimum atomic E-state index is -0.515. The Labute approximate surface area is 95.5 Å². The molecule has 92 valence electrons. The molecule has 1 fully saturated rings. The first kappa shape index (κ1) is 12.8. The second-order valence-corrected chi connectivity index (χ2v) is 4.85. The van der Waals surface area contributed by atoms with Crippen molar-refractivity contribution in [2.24, 2.45) is 5.92 Å². The molecule has 1 aliphatic rings. The molecule has 0 unspecified atom stereocenters. The van der Waals surface area contributed by atoms with Gasteiger partial charge in [-0.15, -0.1) is 0 Å². The molecule has 5 nitrogen and oxygen atoms in total. The summed E-state index contributed by atoms with van der Waals surface area (Å²) in [7, 11) is 0. The Morgan fingerprint density at radius 1 is 1.38 bits per heavy atom. The first-order valence-corrected chi connectivity index (χ1v) is 5.49. The van der Waals surface area contributed by atoms with Gasteiger partial charge in [-0.25, -0.2) is 4.79 Å². The second kappa shape index (κ2) is 4.72. The molecule has 2 atom stereocenters. The molecule has 1 rings (SSSR count). The molecule has 1 saturated carbocycles. The van der Waals surface area contributed by atoms with Gasteiger partial charge < -0.3 is 14.8 Å². The lowest BCUT2D eigenvalue weighted by Gasteiger charge is -2.19. The fraction of sp³-hybridized carbons (Fsp3) is 0.818. The van der Waals surface area contributed by atoms with Crippen LogP contribution in [0.2, 0.25) is 0 Å². The second-order valence-electron chi connectivity index (χ2n) is 4.85. The molecule has 1 amide bonds. The van der Waals surface area contributed by atoms with E-state index in [1.165, 1.54) is 0 Å². The van der Waals surface area contributed by atoms with Gasteiger partial charge in [-0.05, 0) is 34.1 Å². The van der Waals surface area contributed by atoms with Crippen molar-refractivity contribution in [3.63, 3.8) is 0 Å². The van der Waals surface area contributed by atoms with Crippen LogP contribution >= 0.6 is 0 Å². The van der Waals surface area contributed by atoms with Crippen LogP contribution in [0.4, 0.5) is 4.79 Å². The number of alkyl carbamates (subject to hydrolysis) is 1. The lowest BCUT2D eigenvalue weighted by Crippen LogP contribution is -2.35. The molecule has 0 aromatic rings. The average molecular weight is 229 g/mol. The highest BCUT2D eigenvalue weighted by Gasteiger charge is 2.45. The van der Waals surface area contributed by atoms with Crippen molar-refractivity contribution >= 4 is 12.1 Å². The Morgan fingerprint density at radius 3 is 2.50 bits per heavy atom. The third-order valence-electron chi connectivity index (χ3n) is 2.08. The third kappa shape index (κ3) is 4.08. The summed E-state index contributed by atoms with van der Waals surface area (Å²) >= 11 is 0. The molecule has 16 heavy (non-hydrogen) atoms. The Morgan fingerprint density at radius 2 is 2.00 bits per heavy atom. The maximum atomic E-state index is 11.3. The molecule has 1 N–H and O–H groups in total. The lowest BCUT2D eigenvalue weighted by atomic mass is 10.2. The Kier molecular flexibility index (Phi) is 3.78. The number of rotatable bonds is 3. The molecule has 0 aliphatic heterocycles. The Hall–Kier alpha value is -1.26. The number of nitrogens with one attached hydrogen (secondary N) is 1. The van der Waals surface area contributed by atoms with Crippen LogP contribution in [-0.4, -0.2) is 30.3 Å². The Balaban J connectivity index is 2.26. The van der Waals surface area contributed by atoms with E-state index in [0.717, 1.165) is 0 Å². The van der Waals surface area contributed by atoms with Gasteiger partial charge in [0.05, 0.1) is 12.5 Å². The number of hydrogen-bond donors (Lipinski definition) is 1. The van der Waals surface area contributed by atoms with E-state index < -0.39 is 11.7 Å². The summed E-state index contributed by atoms with van der Waals surface area (Å²) in [6.45, 7) is 7.51. The predicted molar refractivity (Wildman–Crippen MR) is 57.9 cm³/mol. The van der Waals surface area contributed by atoms with E-state index in [1.54, 1.807) is 27.7 Å². The number of esters is 1. The van der Waals surface area contributed by atoms with Gasteiger partial charge in [0.15, 0.2) is 0 Å². The molecule has 0 aromatic heterocycles. The molecular formula is C11H19NO4. The van der Waals surface area contributed by atoms with Crippen LogP contribution in [0.25, 0.3) is 0 Å². The summed E-state index contributed by atoms with van der Waals surface area (Å²) in [6.07, 6.45) is 0.155. The summed E-state index contributed by atoms with van der Waals surface area (Å²) in [6, 6.07) is -0.131. The van der Waals surface area contributed by atoms with E-state index in [1.807, 2.05) is 0 Å². The van der Waals surface area contributed by atoms with Gasteiger partial charge in [0.2, 0.25) is 0 Å². The van der Waals surface area contributed by atoms with Crippen LogP contribution in [0, 0.1) is 5.92 Å². The summed E-state index contributed by atoms with van der Waals surface area (Å²) in [5.74, 6) is -0.448. The molecule has 0 aromatic carbocycles. The van der Waals surface area contributed by atoms with Gasteiger partial charge in [0.25, 0.3) is 0 Å². The quantitative estimate of drug-likeness (QED) is 0.744. The van der Waals surface area contributed by atoms with Gasteiger partial charge in [-0.3, -0.25) is 4.79 Å². The van der Waals surface area contributed by atoms with Crippen LogP contribution < -0.4 is 5.32 Å². The van der Waals surface area contributed by atoms with Gasteiger partial charge in [0.1, 0.15) is 5.60 Å². The minimum absolute atomic E-state index is 0.131. The first-order valence-electron chi connectivity index (χ1n) is 5.49. The van der Waals surface area contributed by atoms with Gasteiger partial charge in [-0.2, -0.15) is 0 Å². The number of carbonyl (C=O) groups excluding carboxylic acids is 2. The highest BCUT2D eigenvalue weighted by Crippen LogP contribution is 2.31. The zero-order valence-electron chi connectivity index (χ0n) is 10.2. The predicted octanol–water partition coefficient (Wildman–Crippen LogP) is 1.46. The van der Waals surface area contributed by atoms with Crippen LogP contribution in [-0.2, 0) is 14.3 Å². The molecular weight excluding hydrogens is 210 g/mol. The van der Waals surface area contributed by atoms with Crippen molar-refractivity contribution in [1.82, 2.24) is 5.32 Å². The van der Waals surface area contributed by atoms with E-state index in [2.05, 4.69) is 5.32 Å². The SMILES string of the molecule is CCOC(=O)[C@H]1C[C@H]1NC(=O)OC(C)(C)C. The minimum Gasteiger partial charge on any atom is -0.466 e. The maximum absolute atomic E-state index is 11.3. The van der Waals surface area contributed by atoms with E-state index >= 15 is 0 Å². The molecule has 1 aliphatic carbocycles.